The van der Waals surface area contributed by atoms with Crippen LogP contribution in [0.15, 0.2) is 48.5 Å². The van der Waals surface area contributed by atoms with Crippen molar-refractivity contribution in [3.63, 3.8) is 0 Å². The molecule has 1 aliphatic carbocycles. The molecule has 2 aromatic rings. The van der Waals surface area contributed by atoms with Crippen molar-refractivity contribution < 1.29 is 45.8 Å². The van der Waals surface area contributed by atoms with E-state index in [1.807, 2.05) is 0 Å². The Morgan fingerprint density at radius 1 is 0.900 bits per heavy atom. The largest absolute Gasteiger partial charge is 0.430 e. The van der Waals surface area contributed by atoms with Gasteiger partial charge >= 0.3 is 18.4 Å². The SMILES string of the molecule is O=C(NCC1CC1)Nc1ccc(C(=O)N2CCN(Cc3ccc(C(O)(C(F)(F)F)C(F)(F)F)cc3)C(=O)C2)cc1. The molecule has 1 saturated carbocycles. The first-order valence-corrected chi connectivity index (χ1v) is 12.4. The number of halogens is 6. The van der Waals surface area contributed by atoms with Crippen molar-refractivity contribution in [3.8, 4) is 0 Å². The van der Waals surface area contributed by atoms with Gasteiger partial charge in [-0.25, -0.2) is 4.79 Å². The van der Waals surface area contributed by atoms with E-state index in [1.54, 1.807) is 12.1 Å². The summed E-state index contributed by atoms with van der Waals surface area (Å²) in [5, 5.41) is 14.9. The maximum atomic E-state index is 13.1. The predicted molar refractivity (Wildman–Crippen MR) is 130 cm³/mol. The Morgan fingerprint density at radius 3 is 2.02 bits per heavy atom. The number of benzene rings is 2. The lowest BCUT2D eigenvalue weighted by Crippen LogP contribution is -2.54. The van der Waals surface area contributed by atoms with E-state index in [2.05, 4.69) is 10.6 Å². The topological polar surface area (TPSA) is 102 Å². The number of hydrogen-bond donors (Lipinski definition) is 3. The van der Waals surface area contributed by atoms with Gasteiger partial charge in [0.1, 0.15) is 6.54 Å². The molecule has 4 rings (SSSR count). The molecule has 1 heterocycles. The molecule has 2 aromatic carbocycles. The Bertz CT molecular complexity index is 1230. The van der Waals surface area contributed by atoms with E-state index < -0.39 is 35.3 Å². The molecule has 2 fully saturated rings. The average molecular weight is 573 g/mol. The summed E-state index contributed by atoms with van der Waals surface area (Å²) < 4.78 is 78.5. The Morgan fingerprint density at radius 2 is 1.50 bits per heavy atom. The number of aliphatic hydroxyl groups is 1. The van der Waals surface area contributed by atoms with Crippen LogP contribution in [0.5, 0.6) is 0 Å². The molecule has 2 aliphatic rings. The van der Waals surface area contributed by atoms with Crippen LogP contribution in [0, 0.1) is 5.92 Å². The third-order valence-electron chi connectivity index (χ3n) is 6.81. The van der Waals surface area contributed by atoms with E-state index in [4.69, 9.17) is 0 Å². The molecular weight excluding hydrogens is 546 g/mol. The summed E-state index contributed by atoms with van der Waals surface area (Å²) in [6.45, 7) is 0.451. The van der Waals surface area contributed by atoms with E-state index >= 15 is 0 Å². The molecule has 0 unspecified atom stereocenters. The van der Waals surface area contributed by atoms with Crippen LogP contribution in [-0.4, -0.2) is 71.3 Å². The van der Waals surface area contributed by atoms with Gasteiger partial charge in [-0.2, -0.15) is 26.3 Å². The van der Waals surface area contributed by atoms with Crippen molar-refractivity contribution in [1.82, 2.24) is 15.1 Å². The monoisotopic (exact) mass is 572 g/mol. The zero-order chi connectivity index (χ0) is 29.3. The summed E-state index contributed by atoms with van der Waals surface area (Å²) in [5.74, 6) is -0.352. The number of hydrogen-bond acceptors (Lipinski definition) is 4. The minimum absolute atomic E-state index is 0.0855. The molecule has 40 heavy (non-hydrogen) atoms. The number of carbonyl (C=O) groups excluding carboxylic acids is 3. The highest BCUT2D eigenvalue weighted by Gasteiger charge is 2.71. The molecule has 4 amide bonds. The molecular formula is C26H26F6N4O4. The molecule has 0 aromatic heterocycles. The van der Waals surface area contributed by atoms with Gasteiger partial charge in [0.25, 0.3) is 11.5 Å². The Labute approximate surface area is 224 Å². The van der Waals surface area contributed by atoms with Crippen LogP contribution < -0.4 is 10.6 Å². The average Bonchev–Trinajstić information content (AvgIpc) is 3.72. The van der Waals surface area contributed by atoms with Gasteiger partial charge in [-0.05, 0) is 48.6 Å². The van der Waals surface area contributed by atoms with Gasteiger partial charge in [-0.15, -0.1) is 0 Å². The number of urea groups is 1. The summed E-state index contributed by atoms with van der Waals surface area (Å²) in [6, 6.07) is 8.80. The lowest BCUT2D eigenvalue weighted by molar-refractivity contribution is -0.376. The van der Waals surface area contributed by atoms with Crippen LogP contribution in [0.3, 0.4) is 0 Å². The second-order valence-corrected chi connectivity index (χ2v) is 9.80. The number of carbonyl (C=O) groups is 3. The second kappa shape index (κ2) is 11.0. The zero-order valence-electron chi connectivity index (χ0n) is 21.0. The summed E-state index contributed by atoms with van der Waals surface area (Å²) >= 11 is 0. The van der Waals surface area contributed by atoms with E-state index in [-0.39, 0.29) is 37.8 Å². The Balaban J connectivity index is 1.32. The molecule has 14 heteroatoms. The van der Waals surface area contributed by atoms with Crippen molar-refractivity contribution in [2.45, 2.75) is 37.3 Å². The minimum atomic E-state index is -5.99. The van der Waals surface area contributed by atoms with Crippen LogP contribution in [0.25, 0.3) is 0 Å². The van der Waals surface area contributed by atoms with Gasteiger partial charge in [-0.1, -0.05) is 24.3 Å². The van der Waals surface area contributed by atoms with Crippen molar-refractivity contribution >= 4 is 23.5 Å². The highest BCUT2D eigenvalue weighted by atomic mass is 19.4. The van der Waals surface area contributed by atoms with Crippen LogP contribution in [0.4, 0.5) is 36.8 Å². The highest BCUT2D eigenvalue weighted by Crippen LogP contribution is 2.50. The van der Waals surface area contributed by atoms with Crippen molar-refractivity contribution in [2.75, 3.05) is 31.5 Å². The first kappa shape index (κ1) is 29.2. The summed E-state index contributed by atoms with van der Waals surface area (Å²) in [6.07, 6.45) is -9.79. The second-order valence-electron chi connectivity index (χ2n) is 9.80. The number of piperazine rings is 1. The minimum Gasteiger partial charge on any atom is -0.369 e. The number of amides is 4. The number of rotatable bonds is 7. The molecule has 0 radical (unpaired) electrons. The first-order chi connectivity index (χ1) is 18.7. The predicted octanol–water partition coefficient (Wildman–Crippen LogP) is 4.01. The standard InChI is InChI=1S/C26H26F6N4O4/c27-25(28,29)24(40,26(30,31)32)19-7-3-17(4-8-19)14-35-11-12-36(15-21(35)37)22(38)18-5-9-20(10-6-18)34-23(39)33-13-16-1-2-16/h3-10,16,40H,1-2,11-15H2,(H2,33,34,39). The molecule has 1 aliphatic heterocycles. The molecule has 3 N–H and O–H groups in total. The van der Waals surface area contributed by atoms with Gasteiger partial charge in [0.05, 0.1) is 0 Å². The quantitative estimate of drug-likeness (QED) is 0.437. The zero-order valence-corrected chi connectivity index (χ0v) is 21.0. The van der Waals surface area contributed by atoms with Crippen LogP contribution in [-0.2, 0) is 16.9 Å². The van der Waals surface area contributed by atoms with Crippen LogP contribution in [0.2, 0.25) is 0 Å². The number of anilines is 1. The lowest BCUT2D eigenvalue weighted by atomic mass is 9.91. The van der Waals surface area contributed by atoms with E-state index in [0.717, 1.165) is 25.0 Å². The summed E-state index contributed by atoms with van der Waals surface area (Å²) in [5.41, 5.74) is -5.40. The molecule has 216 valence electrons. The number of nitrogens with zero attached hydrogens (tertiary/aromatic N) is 2. The fraction of sp³-hybridized carbons (Fsp3) is 0.423. The maximum absolute atomic E-state index is 13.1. The van der Waals surface area contributed by atoms with Gasteiger partial charge in [0.2, 0.25) is 5.91 Å². The molecule has 0 spiro atoms. The van der Waals surface area contributed by atoms with E-state index in [0.29, 0.717) is 35.8 Å². The summed E-state index contributed by atoms with van der Waals surface area (Å²) in [7, 11) is 0. The molecule has 0 atom stereocenters. The van der Waals surface area contributed by atoms with Crippen LogP contribution >= 0.6 is 0 Å². The van der Waals surface area contributed by atoms with Crippen molar-refractivity contribution in [2.24, 2.45) is 5.92 Å². The molecule has 0 bridgehead atoms. The fourth-order valence-corrected chi connectivity index (χ4v) is 4.22. The van der Waals surface area contributed by atoms with Crippen molar-refractivity contribution in [1.29, 1.82) is 0 Å². The lowest BCUT2D eigenvalue weighted by Gasteiger charge is -2.35. The third kappa shape index (κ3) is 6.32. The van der Waals surface area contributed by atoms with E-state index in [1.165, 1.54) is 21.9 Å². The van der Waals surface area contributed by atoms with Gasteiger partial charge in [-0.3, -0.25) is 9.59 Å². The number of alkyl halides is 6. The normalized spacial score (nSPS) is 16.6. The van der Waals surface area contributed by atoms with Gasteiger partial charge in [0, 0.05) is 43.0 Å². The molecule has 1 saturated heterocycles. The third-order valence-corrected chi connectivity index (χ3v) is 6.81. The Kier molecular flexibility index (Phi) is 8.01. The smallest absolute Gasteiger partial charge is 0.369 e. The van der Waals surface area contributed by atoms with E-state index in [9.17, 15) is 45.8 Å². The summed E-state index contributed by atoms with van der Waals surface area (Å²) in [4.78, 5) is 40.1. The van der Waals surface area contributed by atoms with Gasteiger partial charge < -0.3 is 25.5 Å². The number of nitrogens with one attached hydrogen (secondary N) is 2. The fourth-order valence-electron chi connectivity index (χ4n) is 4.22. The van der Waals surface area contributed by atoms with Crippen molar-refractivity contribution in [3.05, 3.63) is 65.2 Å². The van der Waals surface area contributed by atoms with Gasteiger partial charge in [0.15, 0.2) is 0 Å². The highest BCUT2D eigenvalue weighted by molar-refractivity contribution is 5.98. The first-order valence-electron chi connectivity index (χ1n) is 12.4. The van der Waals surface area contributed by atoms with Crippen LogP contribution in [0.1, 0.15) is 34.3 Å². The Hall–Kier alpha value is -3.81. The maximum Gasteiger partial charge on any atom is 0.430 e. The molecule has 8 nitrogen and oxygen atoms in total.